The van der Waals surface area contributed by atoms with Gasteiger partial charge in [0.25, 0.3) is 5.91 Å². The Kier molecular flexibility index (Phi) is 4.88. The second-order valence-corrected chi connectivity index (χ2v) is 7.44. The van der Waals surface area contributed by atoms with Gasteiger partial charge >= 0.3 is 0 Å². The van der Waals surface area contributed by atoms with Gasteiger partial charge in [0.2, 0.25) is 10.0 Å². The number of carbonyl (C=O) groups is 1. The first-order valence-corrected chi connectivity index (χ1v) is 9.27. The molecule has 8 heteroatoms. The van der Waals surface area contributed by atoms with Gasteiger partial charge < -0.3 is 9.84 Å². The minimum atomic E-state index is -3.62. The zero-order valence-electron chi connectivity index (χ0n) is 14.2. The van der Waals surface area contributed by atoms with Crippen molar-refractivity contribution < 1.29 is 17.7 Å². The first-order chi connectivity index (χ1) is 12.4. The monoisotopic (exact) mass is 371 g/mol. The van der Waals surface area contributed by atoms with Gasteiger partial charge in [-0.1, -0.05) is 41.6 Å². The Morgan fingerprint density at radius 2 is 1.81 bits per heavy atom. The zero-order valence-corrected chi connectivity index (χ0v) is 15.0. The molecule has 1 heterocycles. The van der Waals surface area contributed by atoms with Crippen LogP contribution in [0.4, 0.5) is 5.69 Å². The highest BCUT2D eigenvalue weighted by Gasteiger charge is 2.18. The van der Waals surface area contributed by atoms with Gasteiger partial charge in [-0.25, -0.2) is 13.1 Å². The minimum Gasteiger partial charge on any atom is -0.355 e. The number of sulfonamides is 1. The molecule has 7 nitrogen and oxygen atoms in total. The molecular formula is C18H17N3O4S. The highest BCUT2D eigenvalue weighted by molar-refractivity contribution is 7.89. The molecule has 0 aliphatic rings. The number of hydrogen-bond donors (Lipinski definition) is 2. The topological polar surface area (TPSA) is 101 Å². The molecule has 2 N–H and O–H groups in total. The van der Waals surface area contributed by atoms with Crippen molar-refractivity contribution in [2.75, 3.05) is 12.4 Å². The predicted octanol–water partition coefficient (Wildman–Crippen LogP) is 2.81. The first-order valence-electron chi connectivity index (χ1n) is 7.78. The maximum Gasteiger partial charge on any atom is 0.277 e. The van der Waals surface area contributed by atoms with Gasteiger partial charge in [0.1, 0.15) is 0 Å². The molecule has 0 bridgehead atoms. The van der Waals surface area contributed by atoms with E-state index in [1.54, 1.807) is 19.1 Å². The van der Waals surface area contributed by atoms with Gasteiger partial charge in [-0.05, 0) is 31.7 Å². The Morgan fingerprint density at radius 3 is 2.50 bits per heavy atom. The van der Waals surface area contributed by atoms with E-state index >= 15 is 0 Å². The molecule has 0 aliphatic heterocycles. The van der Waals surface area contributed by atoms with Gasteiger partial charge in [-0.2, -0.15) is 0 Å². The highest BCUT2D eigenvalue weighted by atomic mass is 32.2. The number of carbonyl (C=O) groups excluding carboxylic acids is 1. The number of benzene rings is 2. The van der Waals surface area contributed by atoms with E-state index in [1.807, 2.05) is 30.3 Å². The molecule has 0 saturated carbocycles. The van der Waals surface area contributed by atoms with Gasteiger partial charge in [-0.3, -0.25) is 4.79 Å². The summed E-state index contributed by atoms with van der Waals surface area (Å²) in [5.74, 6) is -0.0225. The van der Waals surface area contributed by atoms with Crippen molar-refractivity contribution in [1.82, 2.24) is 9.88 Å². The highest BCUT2D eigenvalue weighted by Crippen LogP contribution is 2.22. The molecule has 0 spiro atoms. The maximum absolute atomic E-state index is 12.4. The maximum atomic E-state index is 12.4. The van der Waals surface area contributed by atoms with Crippen LogP contribution in [0, 0.1) is 6.92 Å². The van der Waals surface area contributed by atoms with Gasteiger partial charge in [-0.15, -0.1) is 0 Å². The summed E-state index contributed by atoms with van der Waals surface area (Å²) in [5, 5.41) is 6.41. The largest absolute Gasteiger partial charge is 0.355 e. The van der Waals surface area contributed by atoms with Crippen LogP contribution in [0.2, 0.25) is 0 Å². The van der Waals surface area contributed by atoms with Crippen LogP contribution in [0.1, 0.15) is 16.1 Å². The summed E-state index contributed by atoms with van der Waals surface area (Å²) in [6.45, 7) is 1.68. The predicted molar refractivity (Wildman–Crippen MR) is 97.3 cm³/mol. The number of nitrogens with one attached hydrogen (secondary N) is 2. The summed E-state index contributed by atoms with van der Waals surface area (Å²) in [5.41, 5.74) is 1.82. The van der Waals surface area contributed by atoms with Crippen molar-refractivity contribution in [2.24, 2.45) is 0 Å². The second-order valence-electron chi connectivity index (χ2n) is 5.58. The summed E-state index contributed by atoms with van der Waals surface area (Å²) in [4.78, 5) is 12.5. The molecule has 2 aromatic carbocycles. The van der Waals surface area contributed by atoms with Crippen LogP contribution in [-0.4, -0.2) is 26.5 Å². The van der Waals surface area contributed by atoms with Gasteiger partial charge in [0, 0.05) is 17.3 Å². The van der Waals surface area contributed by atoms with Gasteiger partial charge in [0.15, 0.2) is 11.5 Å². The summed E-state index contributed by atoms with van der Waals surface area (Å²) in [7, 11) is -2.29. The molecule has 0 unspecified atom stereocenters. The molecule has 1 aromatic heterocycles. The number of nitrogens with zero attached hydrogens (tertiary/aromatic N) is 1. The van der Waals surface area contributed by atoms with Crippen molar-refractivity contribution in [3.05, 3.63) is 65.9 Å². The number of rotatable bonds is 5. The van der Waals surface area contributed by atoms with Crippen molar-refractivity contribution >= 4 is 21.6 Å². The number of amides is 1. The van der Waals surface area contributed by atoms with Gasteiger partial charge in [0.05, 0.1) is 4.90 Å². The number of aromatic nitrogens is 1. The fourth-order valence-corrected chi connectivity index (χ4v) is 3.39. The number of hydrogen-bond acceptors (Lipinski definition) is 5. The average Bonchev–Trinajstić information content (AvgIpc) is 3.14. The smallest absolute Gasteiger partial charge is 0.277 e. The second kappa shape index (κ2) is 7.11. The third kappa shape index (κ3) is 3.66. The minimum absolute atomic E-state index is 0.0995. The van der Waals surface area contributed by atoms with Crippen LogP contribution in [-0.2, 0) is 10.0 Å². The normalized spacial score (nSPS) is 11.3. The van der Waals surface area contributed by atoms with E-state index in [0.29, 0.717) is 17.0 Å². The lowest BCUT2D eigenvalue weighted by atomic mass is 10.1. The quantitative estimate of drug-likeness (QED) is 0.718. The molecule has 0 aliphatic carbocycles. The van der Waals surface area contributed by atoms with Crippen LogP contribution in [0.3, 0.4) is 0 Å². The molecule has 1 amide bonds. The Hall–Kier alpha value is -2.97. The molecule has 26 heavy (non-hydrogen) atoms. The standard InChI is InChI=1S/C18H17N3O4S/c1-12-8-9-14(10-17(12)26(23,24)19-2)20-18(22)15-11-16(25-21-15)13-6-4-3-5-7-13/h3-11,19H,1-2H3,(H,20,22). The summed E-state index contributed by atoms with van der Waals surface area (Å²) in [6.07, 6.45) is 0. The lowest BCUT2D eigenvalue weighted by Gasteiger charge is -2.09. The Labute approximate surface area is 151 Å². The van der Waals surface area contributed by atoms with Crippen LogP contribution >= 0.6 is 0 Å². The number of aryl methyl sites for hydroxylation is 1. The lowest BCUT2D eigenvalue weighted by Crippen LogP contribution is -2.20. The molecule has 3 aromatic rings. The van der Waals surface area contributed by atoms with Crippen molar-refractivity contribution in [3.8, 4) is 11.3 Å². The van der Waals surface area contributed by atoms with Crippen LogP contribution in [0.15, 0.2) is 64.0 Å². The Balaban J connectivity index is 1.83. The fourth-order valence-electron chi connectivity index (χ4n) is 2.39. The van der Waals surface area contributed by atoms with Crippen LogP contribution < -0.4 is 10.0 Å². The van der Waals surface area contributed by atoms with E-state index in [9.17, 15) is 13.2 Å². The lowest BCUT2D eigenvalue weighted by molar-refractivity contribution is 0.101. The van der Waals surface area contributed by atoms with Crippen molar-refractivity contribution in [1.29, 1.82) is 0 Å². The SMILES string of the molecule is CNS(=O)(=O)c1cc(NC(=O)c2cc(-c3ccccc3)on2)ccc1C. The summed E-state index contributed by atoms with van der Waals surface area (Å²) in [6, 6.07) is 15.5. The fraction of sp³-hybridized carbons (Fsp3) is 0.111. The van der Waals surface area contributed by atoms with E-state index in [-0.39, 0.29) is 10.6 Å². The summed E-state index contributed by atoms with van der Waals surface area (Å²) >= 11 is 0. The molecule has 3 rings (SSSR count). The average molecular weight is 371 g/mol. The molecule has 0 saturated heterocycles. The first kappa shape index (κ1) is 17.8. The number of anilines is 1. The molecule has 134 valence electrons. The molecular weight excluding hydrogens is 354 g/mol. The molecule has 0 radical (unpaired) electrons. The zero-order chi connectivity index (χ0) is 18.7. The molecule has 0 atom stereocenters. The Morgan fingerprint density at radius 1 is 1.08 bits per heavy atom. The van der Waals surface area contributed by atoms with Crippen molar-refractivity contribution in [3.63, 3.8) is 0 Å². The summed E-state index contributed by atoms with van der Waals surface area (Å²) < 4.78 is 31.5. The van der Waals surface area contributed by atoms with Crippen molar-refractivity contribution in [2.45, 2.75) is 11.8 Å². The third-order valence-corrected chi connectivity index (χ3v) is 5.36. The van der Waals surface area contributed by atoms with E-state index in [4.69, 9.17) is 4.52 Å². The third-order valence-electron chi connectivity index (χ3n) is 3.81. The van der Waals surface area contributed by atoms with E-state index in [0.717, 1.165) is 5.56 Å². The van der Waals surface area contributed by atoms with Crippen LogP contribution in [0.25, 0.3) is 11.3 Å². The Bertz CT molecular complexity index is 1040. The molecule has 0 fully saturated rings. The van der Waals surface area contributed by atoms with E-state index in [1.165, 1.54) is 19.2 Å². The van der Waals surface area contributed by atoms with E-state index < -0.39 is 15.9 Å². The van der Waals surface area contributed by atoms with Crippen LogP contribution in [0.5, 0.6) is 0 Å². The van der Waals surface area contributed by atoms with E-state index in [2.05, 4.69) is 15.2 Å².